The quantitative estimate of drug-likeness (QED) is 0.112. The van der Waals surface area contributed by atoms with E-state index in [2.05, 4.69) is 220 Å². The van der Waals surface area contributed by atoms with Gasteiger partial charge in [0, 0.05) is 0 Å². The van der Waals surface area contributed by atoms with Crippen LogP contribution in [0.1, 0.15) is 0 Å². The summed E-state index contributed by atoms with van der Waals surface area (Å²) in [4.78, 5) is 0. The normalized spacial score (nSPS) is 10.4. The fourth-order valence-electron chi connectivity index (χ4n) is 4.80. The Hall–Kier alpha value is -3.46. The van der Waals surface area contributed by atoms with Gasteiger partial charge in [-0.3, -0.25) is 0 Å². The summed E-state index contributed by atoms with van der Waals surface area (Å²) in [5.74, 6) is 0. The average molecular weight is 788 g/mol. The Labute approximate surface area is 291 Å². The predicted octanol–water partition coefficient (Wildman–Crippen LogP) is 8.59. The van der Waals surface area contributed by atoms with Gasteiger partial charge in [0.25, 0.3) is 0 Å². The standard InChI is InChI=1S/2C18H15P.C6H5.BrH.Pd/c2*1-4-10-16(11-5-1)19(17-12-6-2-7-13-17)18-14-8-3-9-15-18;1-2-4-6-5-3-1;;/h2*1-15H;1-5H;1H;/q;;;;+1/p-1. The number of hydrogen-bond donors (Lipinski definition) is 0. The predicted molar refractivity (Wildman–Crippen MR) is 205 cm³/mol. The summed E-state index contributed by atoms with van der Waals surface area (Å²) in [6.45, 7) is 0. The molecular formula is C42H35BrP2Pd. The van der Waals surface area contributed by atoms with E-state index in [4.69, 9.17) is 0 Å². The van der Waals surface area contributed by atoms with Gasteiger partial charge in [-0.2, -0.15) is 0 Å². The van der Waals surface area contributed by atoms with E-state index in [1.54, 1.807) is 0 Å². The SMILES string of the molecule is [Br][Pd][c]1ccccc1.c1ccc(P(c2ccccc2)c2ccccc2)cc1.c1ccc(P(c2ccccc2)c2ccccc2)cc1. The third-order valence-corrected chi connectivity index (χ3v) is 14.3. The van der Waals surface area contributed by atoms with Gasteiger partial charge in [0.15, 0.2) is 0 Å². The zero-order chi connectivity index (χ0) is 31.7. The third-order valence-electron chi connectivity index (χ3n) is 6.87. The van der Waals surface area contributed by atoms with Crippen LogP contribution in [-0.2, 0) is 16.0 Å². The topological polar surface area (TPSA) is 0 Å². The molecule has 0 spiro atoms. The molecule has 0 radical (unpaired) electrons. The minimum Gasteiger partial charge on any atom is -0.0622 e. The van der Waals surface area contributed by atoms with Crippen molar-refractivity contribution in [2.75, 3.05) is 0 Å². The molecule has 0 aromatic heterocycles. The van der Waals surface area contributed by atoms with Crippen molar-refractivity contribution < 1.29 is 16.0 Å². The zero-order valence-corrected chi connectivity index (χ0v) is 30.2. The van der Waals surface area contributed by atoms with Crippen molar-refractivity contribution in [1.29, 1.82) is 0 Å². The first-order valence-corrected chi connectivity index (χ1v) is 22.0. The molecule has 0 saturated carbocycles. The number of benzene rings is 7. The second kappa shape index (κ2) is 19.3. The minimum atomic E-state index is -0.446. The number of hydrogen-bond acceptors (Lipinski definition) is 0. The molecule has 7 aromatic rings. The fraction of sp³-hybridized carbons (Fsp3) is 0. The maximum atomic E-state index is 3.41. The van der Waals surface area contributed by atoms with Crippen LogP contribution < -0.4 is 35.9 Å². The first-order valence-electron chi connectivity index (χ1n) is 15.0. The first kappa shape index (κ1) is 33.9. The van der Waals surface area contributed by atoms with Crippen molar-refractivity contribution in [2.45, 2.75) is 0 Å². The summed E-state index contributed by atoms with van der Waals surface area (Å²) < 4.78 is 1.38. The average Bonchev–Trinajstić information content (AvgIpc) is 3.15. The van der Waals surface area contributed by atoms with Crippen LogP contribution in [0.3, 0.4) is 0 Å². The number of rotatable bonds is 7. The van der Waals surface area contributed by atoms with Crippen LogP contribution in [0.4, 0.5) is 0 Å². The summed E-state index contributed by atoms with van der Waals surface area (Å²) in [5, 5.41) is 8.39. The van der Waals surface area contributed by atoms with Crippen LogP contribution in [0.15, 0.2) is 212 Å². The molecule has 0 aliphatic rings. The van der Waals surface area contributed by atoms with Gasteiger partial charge in [-0.25, -0.2) is 0 Å². The molecule has 0 fully saturated rings. The zero-order valence-electron chi connectivity index (χ0n) is 25.3. The Bertz CT molecular complexity index is 1490. The van der Waals surface area contributed by atoms with Crippen molar-refractivity contribution in [3.05, 3.63) is 212 Å². The molecule has 0 atom stereocenters. The fourth-order valence-corrected chi connectivity index (χ4v) is 10.9. The van der Waals surface area contributed by atoms with Crippen LogP contribution in [0.2, 0.25) is 0 Å². The Morgan fingerprint density at radius 3 is 0.587 bits per heavy atom. The molecule has 4 heteroatoms. The summed E-state index contributed by atoms with van der Waals surface area (Å²) in [5.41, 5.74) is 0. The molecule has 0 saturated heterocycles. The van der Waals surface area contributed by atoms with Crippen LogP contribution in [0, 0.1) is 0 Å². The Balaban J connectivity index is 0.000000147. The number of halogens is 1. The molecule has 230 valence electrons. The molecule has 7 rings (SSSR count). The van der Waals surface area contributed by atoms with E-state index in [1.807, 2.05) is 6.07 Å². The maximum Gasteiger partial charge on any atom is -0.0134 e. The van der Waals surface area contributed by atoms with Crippen molar-refractivity contribution in [3.8, 4) is 0 Å². The Morgan fingerprint density at radius 2 is 0.435 bits per heavy atom. The van der Waals surface area contributed by atoms with Gasteiger partial charge < -0.3 is 0 Å². The van der Waals surface area contributed by atoms with E-state index < -0.39 is 15.8 Å². The van der Waals surface area contributed by atoms with Crippen molar-refractivity contribution in [3.63, 3.8) is 0 Å². The Morgan fingerprint density at radius 1 is 0.261 bits per heavy atom. The summed E-state index contributed by atoms with van der Waals surface area (Å²) in [6.07, 6.45) is 0. The molecule has 0 amide bonds. The van der Waals surface area contributed by atoms with Gasteiger partial charge >= 0.3 is 63.8 Å². The van der Waals surface area contributed by atoms with E-state index in [9.17, 15) is 0 Å². The molecular weight excluding hydrogens is 753 g/mol. The molecule has 7 aromatic carbocycles. The first-order chi connectivity index (χ1) is 22.8. The van der Waals surface area contributed by atoms with Gasteiger partial charge in [0.1, 0.15) is 0 Å². The van der Waals surface area contributed by atoms with Crippen molar-refractivity contribution in [2.24, 2.45) is 0 Å². The Kier molecular flexibility index (Phi) is 14.2. The smallest absolute Gasteiger partial charge is 0.0134 e. The van der Waals surface area contributed by atoms with E-state index >= 15 is 0 Å². The van der Waals surface area contributed by atoms with Crippen LogP contribution in [0.25, 0.3) is 0 Å². The van der Waals surface area contributed by atoms with Crippen molar-refractivity contribution in [1.82, 2.24) is 0 Å². The maximum absolute atomic E-state index is 3.41. The van der Waals surface area contributed by atoms with Gasteiger partial charge in [0.05, 0.1) is 0 Å². The molecule has 46 heavy (non-hydrogen) atoms. The second-order valence-electron chi connectivity index (χ2n) is 10.0. The summed E-state index contributed by atoms with van der Waals surface area (Å²) in [6, 6.07) is 75.0. The van der Waals surface area contributed by atoms with Gasteiger partial charge in [-0.15, -0.1) is 0 Å². The molecule has 0 bridgehead atoms. The molecule has 0 nitrogen and oxygen atoms in total. The van der Waals surface area contributed by atoms with Crippen LogP contribution in [-0.4, -0.2) is 0 Å². The van der Waals surface area contributed by atoms with Crippen molar-refractivity contribution >= 4 is 65.1 Å². The largest absolute Gasteiger partial charge is 0.0622 e. The molecule has 0 N–H and O–H groups in total. The molecule has 0 aliphatic carbocycles. The summed E-state index contributed by atoms with van der Waals surface area (Å²) >= 11 is 3.98. The van der Waals surface area contributed by atoms with Crippen LogP contribution >= 0.6 is 29.3 Å². The van der Waals surface area contributed by atoms with E-state index in [0.29, 0.717) is 16.0 Å². The third kappa shape index (κ3) is 10.3. The van der Waals surface area contributed by atoms with Crippen LogP contribution in [0.5, 0.6) is 0 Å². The van der Waals surface area contributed by atoms with Gasteiger partial charge in [0.2, 0.25) is 0 Å². The van der Waals surface area contributed by atoms with E-state index in [1.165, 1.54) is 35.9 Å². The van der Waals surface area contributed by atoms with E-state index in [0.717, 1.165) is 0 Å². The molecule has 0 unspecified atom stereocenters. The monoisotopic (exact) mass is 786 g/mol. The van der Waals surface area contributed by atoms with Gasteiger partial charge in [-0.05, 0) is 47.7 Å². The molecule has 0 heterocycles. The second-order valence-corrected chi connectivity index (χ2v) is 17.1. The van der Waals surface area contributed by atoms with E-state index in [-0.39, 0.29) is 0 Å². The minimum absolute atomic E-state index is 0.446. The molecule has 0 aliphatic heterocycles. The van der Waals surface area contributed by atoms with Gasteiger partial charge in [-0.1, -0.05) is 182 Å². The summed E-state index contributed by atoms with van der Waals surface area (Å²) in [7, 11) is -0.892.